The van der Waals surface area contributed by atoms with Crippen LogP contribution in [0.15, 0.2) is 42.7 Å². The molecule has 0 fully saturated rings. The number of hydrogen-bond acceptors (Lipinski definition) is 3. The molecule has 2 N–H and O–H groups in total. The Balaban J connectivity index is 2.30. The highest BCUT2D eigenvalue weighted by Crippen LogP contribution is 2.24. The van der Waals surface area contributed by atoms with Crippen LogP contribution < -0.4 is 5.32 Å². The van der Waals surface area contributed by atoms with Crippen LogP contribution in [0, 0.1) is 0 Å². The fraction of sp³-hybridized carbons (Fsp3) is 0.0714. The molecule has 0 bridgehead atoms. The van der Waals surface area contributed by atoms with Crippen LogP contribution in [0.5, 0.6) is 0 Å². The van der Waals surface area contributed by atoms with Gasteiger partial charge in [-0.1, -0.05) is 41.4 Å². The van der Waals surface area contributed by atoms with Crippen LogP contribution >= 0.6 is 23.2 Å². The summed E-state index contributed by atoms with van der Waals surface area (Å²) in [6.07, 6.45) is 2.70. The van der Waals surface area contributed by atoms with Gasteiger partial charge < -0.3 is 10.4 Å². The lowest BCUT2D eigenvalue weighted by atomic mass is 10.1. The lowest BCUT2D eigenvalue weighted by Crippen LogP contribution is -2.34. The molecule has 0 aliphatic carbocycles. The molecule has 2 aromatic rings. The van der Waals surface area contributed by atoms with E-state index in [2.05, 4.69) is 10.3 Å². The molecule has 1 aromatic heterocycles. The largest absolute Gasteiger partial charge is 0.479 e. The smallest absolute Gasteiger partial charge is 0.330 e. The molecule has 1 aromatic carbocycles. The highest BCUT2D eigenvalue weighted by Gasteiger charge is 2.25. The van der Waals surface area contributed by atoms with Crippen LogP contribution in [0.1, 0.15) is 22.0 Å². The molecule has 108 valence electrons. The molecule has 0 spiro atoms. The number of nitrogens with one attached hydrogen (secondary N) is 1. The monoisotopic (exact) mass is 324 g/mol. The second-order valence-electron chi connectivity index (χ2n) is 4.12. The van der Waals surface area contributed by atoms with Gasteiger partial charge in [-0.3, -0.25) is 9.78 Å². The predicted octanol–water partition coefficient (Wildman–Crippen LogP) is 2.94. The maximum atomic E-state index is 12.1. The standard InChI is InChI=1S/C14H10Cl2N2O3/c15-10-4-2-1-3-8(10)12(14(20)21)18-13(19)9-7-17-6-5-11(9)16/h1-7,12H,(H,18,19)(H,20,21)/t12-/m1/s1. The van der Waals surface area contributed by atoms with E-state index in [1.807, 2.05) is 0 Å². The number of pyridine rings is 1. The lowest BCUT2D eigenvalue weighted by Gasteiger charge is -2.16. The topological polar surface area (TPSA) is 79.3 Å². The van der Waals surface area contributed by atoms with Crippen molar-refractivity contribution in [1.82, 2.24) is 10.3 Å². The molecule has 1 amide bonds. The van der Waals surface area contributed by atoms with Crippen molar-refractivity contribution in [3.63, 3.8) is 0 Å². The number of benzene rings is 1. The fourth-order valence-electron chi connectivity index (χ4n) is 1.74. The number of carbonyl (C=O) groups excluding carboxylic acids is 1. The summed E-state index contributed by atoms with van der Waals surface area (Å²) in [5.41, 5.74) is 0.387. The normalized spacial score (nSPS) is 11.7. The number of aromatic nitrogens is 1. The number of rotatable bonds is 4. The Hall–Kier alpha value is -2.11. The first-order valence-electron chi connectivity index (χ1n) is 5.88. The van der Waals surface area contributed by atoms with E-state index in [0.29, 0.717) is 5.56 Å². The van der Waals surface area contributed by atoms with Crippen molar-refractivity contribution in [2.75, 3.05) is 0 Å². The minimum Gasteiger partial charge on any atom is -0.479 e. The van der Waals surface area contributed by atoms with E-state index in [-0.39, 0.29) is 15.6 Å². The van der Waals surface area contributed by atoms with Gasteiger partial charge in [0.1, 0.15) is 0 Å². The van der Waals surface area contributed by atoms with E-state index < -0.39 is 17.9 Å². The molecule has 0 saturated heterocycles. The minimum atomic E-state index is -1.28. The number of carboxylic acids is 1. The maximum absolute atomic E-state index is 12.1. The summed E-state index contributed by atoms with van der Waals surface area (Å²) in [5.74, 6) is -1.86. The molecule has 21 heavy (non-hydrogen) atoms. The molecule has 0 radical (unpaired) electrons. The zero-order valence-electron chi connectivity index (χ0n) is 10.6. The van der Waals surface area contributed by atoms with Crippen molar-refractivity contribution in [1.29, 1.82) is 0 Å². The zero-order chi connectivity index (χ0) is 15.4. The molecule has 0 aliphatic heterocycles. The van der Waals surface area contributed by atoms with Gasteiger partial charge >= 0.3 is 5.97 Å². The minimum absolute atomic E-state index is 0.0949. The Morgan fingerprint density at radius 3 is 2.48 bits per heavy atom. The number of nitrogens with zero attached hydrogens (tertiary/aromatic N) is 1. The van der Waals surface area contributed by atoms with E-state index in [1.165, 1.54) is 24.5 Å². The van der Waals surface area contributed by atoms with Gasteiger partial charge in [-0.25, -0.2) is 4.79 Å². The van der Waals surface area contributed by atoms with Gasteiger partial charge in [0.05, 0.1) is 10.6 Å². The molecule has 5 nitrogen and oxygen atoms in total. The van der Waals surface area contributed by atoms with E-state index in [9.17, 15) is 14.7 Å². The number of halogens is 2. The van der Waals surface area contributed by atoms with Gasteiger partial charge in [0.25, 0.3) is 5.91 Å². The molecular weight excluding hydrogens is 315 g/mol. The second-order valence-corrected chi connectivity index (χ2v) is 4.94. The number of hydrogen-bond donors (Lipinski definition) is 2. The third-order valence-corrected chi connectivity index (χ3v) is 3.42. The van der Waals surface area contributed by atoms with Crippen molar-refractivity contribution in [2.24, 2.45) is 0 Å². The van der Waals surface area contributed by atoms with Crippen molar-refractivity contribution in [3.8, 4) is 0 Å². The molecule has 0 aliphatic rings. The Labute approximate surface area is 130 Å². The lowest BCUT2D eigenvalue weighted by molar-refractivity contribution is -0.139. The Kier molecular flexibility index (Phi) is 4.77. The van der Waals surface area contributed by atoms with Crippen molar-refractivity contribution in [3.05, 3.63) is 63.9 Å². The van der Waals surface area contributed by atoms with Crippen LogP contribution in [0.25, 0.3) is 0 Å². The van der Waals surface area contributed by atoms with Crippen molar-refractivity contribution in [2.45, 2.75) is 6.04 Å². The maximum Gasteiger partial charge on any atom is 0.330 e. The fourth-order valence-corrected chi connectivity index (χ4v) is 2.17. The second kappa shape index (κ2) is 6.56. The van der Waals surface area contributed by atoms with Crippen LogP contribution in [-0.4, -0.2) is 22.0 Å². The SMILES string of the molecule is O=C(N[C@@H](C(=O)O)c1ccccc1Cl)c1cnccc1Cl. The molecule has 2 rings (SSSR count). The van der Waals surface area contributed by atoms with Gasteiger partial charge in [0, 0.05) is 23.0 Å². The van der Waals surface area contributed by atoms with Crippen LogP contribution in [0.2, 0.25) is 10.0 Å². The van der Waals surface area contributed by atoms with Gasteiger partial charge in [-0.05, 0) is 12.1 Å². The average Bonchev–Trinajstić information content (AvgIpc) is 2.45. The number of aliphatic carboxylic acids is 1. The Morgan fingerprint density at radius 2 is 1.86 bits per heavy atom. The summed E-state index contributed by atoms with van der Waals surface area (Å²) < 4.78 is 0. The number of carbonyl (C=O) groups is 2. The Bertz CT molecular complexity index is 691. The molecule has 0 saturated carbocycles. The average molecular weight is 325 g/mol. The van der Waals surface area contributed by atoms with Crippen LogP contribution in [0.3, 0.4) is 0 Å². The first kappa shape index (κ1) is 15.3. The van der Waals surface area contributed by atoms with Crippen molar-refractivity contribution >= 4 is 35.1 Å². The summed E-state index contributed by atoms with van der Waals surface area (Å²) in [7, 11) is 0. The third-order valence-electron chi connectivity index (χ3n) is 2.75. The van der Waals surface area contributed by atoms with Crippen LogP contribution in [0.4, 0.5) is 0 Å². The molecule has 1 atom stereocenters. The summed E-state index contributed by atoms with van der Waals surface area (Å²) >= 11 is 11.9. The van der Waals surface area contributed by atoms with E-state index >= 15 is 0 Å². The quantitative estimate of drug-likeness (QED) is 0.906. The molecular formula is C14H10Cl2N2O3. The van der Waals surface area contributed by atoms with E-state index in [4.69, 9.17) is 23.2 Å². The van der Waals surface area contributed by atoms with E-state index in [1.54, 1.807) is 18.2 Å². The molecule has 1 heterocycles. The first-order valence-corrected chi connectivity index (χ1v) is 6.64. The summed E-state index contributed by atoms with van der Waals surface area (Å²) in [6, 6.07) is 6.57. The highest BCUT2D eigenvalue weighted by molar-refractivity contribution is 6.34. The van der Waals surface area contributed by atoms with E-state index in [0.717, 1.165) is 0 Å². The summed E-state index contributed by atoms with van der Waals surface area (Å²) in [4.78, 5) is 27.3. The van der Waals surface area contributed by atoms with Gasteiger partial charge in [0.15, 0.2) is 6.04 Å². The van der Waals surface area contributed by atoms with Gasteiger partial charge in [0.2, 0.25) is 0 Å². The summed E-state index contributed by atoms with van der Waals surface area (Å²) in [6.45, 7) is 0. The van der Waals surface area contributed by atoms with Crippen molar-refractivity contribution < 1.29 is 14.7 Å². The molecule has 7 heteroatoms. The van der Waals surface area contributed by atoms with Gasteiger partial charge in [-0.2, -0.15) is 0 Å². The zero-order valence-corrected chi connectivity index (χ0v) is 12.1. The first-order chi connectivity index (χ1) is 10.0. The van der Waals surface area contributed by atoms with Crippen LogP contribution in [-0.2, 0) is 4.79 Å². The highest BCUT2D eigenvalue weighted by atomic mass is 35.5. The number of carboxylic acid groups (broad SMARTS) is 1. The predicted molar refractivity (Wildman–Crippen MR) is 78.5 cm³/mol. The summed E-state index contributed by atoms with van der Waals surface area (Å²) in [5, 5.41) is 12.1. The van der Waals surface area contributed by atoms with Gasteiger partial charge in [-0.15, -0.1) is 0 Å². The third kappa shape index (κ3) is 3.51. The Morgan fingerprint density at radius 1 is 1.14 bits per heavy atom. The number of amides is 1. The molecule has 0 unspecified atom stereocenters.